The first-order valence-electron chi connectivity index (χ1n) is 8.16. The van der Waals surface area contributed by atoms with E-state index in [0.717, 1.165) is 18.4 Å². The molecule has 0 aromatic heterocycles. The van der Waals surface area contributed by atoms with E-state index in [2.05, 4.69) is 4.74 Å². The monoisotopic (exact) mass is 394 g/mol. The van der Waals surface area contributed by atoms with Gasteiger partial charge in [0.25, 0.3) is 0 Å². The summed E-state index contributed by atoms with van der Waals surface area (Å²) < 4.78 is 96.8. The number of alkyl halides is 5. The number of rotatable bonds is 7. The Labute approximate surface area is 151 Å². The Kier molecular flexibility index (Phi) is 6.51. The van der Waals surface area contributed by atoms with Gasteiger partial charge in [-0.25, -0.2) is 8.78 Å². The van der Waals surface area contributed by atoms with E-state index in [1.807, 2.05) is 6.92 Å². The third-order valence-corrected chi connectivity index (χ3v) is 3.81. The molecule has 8 heteroatoms. The van der Waals surface area contributed by atoms with Crippen LogP contribution in [-0.4, -0.2) is 6.11 Å². The zero-order chi connectivity index (χ0) is 20.2. The highest BCUT2D eigenvalue weighted by Crippen LogP contribution is 2.35. The maximum Gasteiger partial charge on any atom is 0.422 e. The summed E-state index contributed by atoms with van der Waals surface area (Å²) in [5.41, 5.74) is -1.23. The second kappa shape index (κ2) is 8.29. The summed E-state index contributed by atoms with van der Waals surface area (Å²) in [5.74, 6) is -3.89. The molecule has 27 heavy (non-hydrogen) atoms. The number of benzene rings is 2. The number of hydrogen-bond acceptors (Lipinski definition) is 1. The van der Waals surface area contributed by atoms with Crippen LogP contribution in [0.1, 0.15) is 35.6 Å². The second-order valence-corrected chi connectivity index (χ2v) is 6.10. The molecule has 2 rings (SSSR count). The van der Waals surface area contributed by atoms with Crippen LogP contribution < -0.4 is 0 Å². The minimum Gasteiger partial charge on any atom is -0.315 e. The van der Waals surface area contributed by atoms with Crippen molar-refractivity contribution in [2.24, 2.45) is 0 Å². The van der Waals surface area contributed by atoms with Crippen LogP contribution in [0.2, 0.25) is 0 Å². The van der Waals surface area contributed by atoms with E-state index in [4.69, 9.17) is 0 Å². The molecule has 0 bridgehead atoms. The summed E-state index contributed by atoms with van der Waals surface area (Å²) in [7, 11) is 0. The molecule has 148 valence electrons. The van der Waals surface area contributed by atoms with Gasteiger partial charge in [0.2, 0.25) is 0 Å². The molecule has 0 unspecified atom stereocenters. The lowest BCUT2D eigenvalue weighted by atomic mass is 10.1. The van der Waals surface area contributed by atoms with Crippen molar-refractivity contribution in [1.29, 1.82) is 0 Å². The van der Waals surface area contributed by atoms with Gasteiger partial charge in [0, 0.05) is 0 Å². The van der Waals surface area contributed by atoms with E-state index < -0.39 is 48.1 Å². The standard InChI is InChI=1S/C19H17F7O/c1-2-3-12-4-6-13(7-5-12)11-27-18(22,23)10-14-8-15(20)17(16(21)9-14)19(24,25)26/h4-9H,2-3,10-11H2,1H3. The SMILES string of the molecule is CCCc1ccc(COC(F)(F)Cc2cc(F)c(C(F)(F)F)c(F)c2)cc1. The van der Waals surface area contributed by atoms with Crippen molar-refractivity contribution in [1.82, 2.24) is 0 Å². The Morgan fingerprint density at radius 2 is 1.33 bits per heavy atom. The fraction of sp³-hybridized carbons (Fsp3) is 0.368. The first-order valence-corrected chi connectivity index (χ1v) is 8.16. The van der Waals surface area contributed by atoms with Gasteiger partial charge in [-0.15, -0.1) is 0 Å². The molecule has 0 aliphatic heterocycles. The van der Waals surface area contributed by atoms with E-state index in [9.17, 15) is 30.7 Å². The van der Waals surface area contributed by atoms with Crippen LogP contribution in [0, 0.1) is 11.6 Å². The van der Waals surface area contributed by atoms with Gasteiger partial charge in [-0.2, -0.15) is 22.0 Å². The van der Waals surface area contributed by atoms with E-state index >= 15 is 0 Å². The highest BCUT2D eigenvalue weighted by molar-refractivity contribution is 5.29. The Hall–Kier alpha value is -2.09. The van der Waals surface area contributed by atoms with Crippen LogP contribution in [0.5, 0.6) is 0 Å². The molecule has 0 saturated heterocycles. The molecule has 0 N–H and O–H groups in total. The molecule has 0 amide bonds. The molecule has 0 radical (unpaired) electrons. The molecular weight excluding hydrogens is 377 g/mol. The lowest BCUT2D eigenvalue weighted by Gasteiger charge is -2.18. The summed E-state index contributed by atoms with van der Waals surface area (Å²) in [4.78, 5) is 0. The predicted molar refractivity (Wildman–Crippen MR) is 85.2 cm³/mol. The van der Waals surface area contributed by atoms with E-state index in [0.29, 0.717) is 5.56 Å². The van der Waals surface area contributed by atoms with Crippen LogP contribution in [0.25, 0.3) is 0 Å². The fourth-order valence-electron chi connectivity index (χ4n) is 2.57. The third kappa shape index (κ3) is 5.95. The number of hydrogen-bond donors (Lipinski definition) is 0. The van der Waals surface area contributed by atoms with Gasteiger partial charge in [0.1, 0.15) is 17.2 Å². The van der Waals surface area contributed by atoms with Gasteiger partial charge in [-0.1, -0.05) is 37.6 Å². The van der Waals surface area contributed by atoms with Gasteiger partial charge in [-0.3, -0.25) is 0 Å². The van der Waals surface area contributed by atoms with Crippen molar-refractivity contribution >= 4 is 0 Å². The first kappa shape index (κ1) is 21.2. The summed E-state index contributed by atoms with van der Waals surface area (Å²) in [6.45, 7) is 1.55. The van der Waals surface area contributed by atoms with Gasteiger partial charge in [-0.05, 0) is 35.2 Å². The average molecular weight is 394 g/mol. The van der Waals surface area contributed by atoms with Crippen molar-refractivity contribution in [3.05, 3.63) is 70.3 Å². The third-order valence-electron chi connectivity index (χ3n) is 3.81. The predicted octanol–water partition coefficient (Wildman–Crippen LogP) is 6.29. The molecule has 2 aromatic carbocycles. The molecule has 0 spiro atoms. The maximum absolute atomic E-state index is 13.9. The molecule has 0 fully saturated rings. The minimum absolute atomic E-state index is 0.239. The quantitative estimate of drug-likeness (QED) is 0.502. The molecule has 0 aliphatic rings. The number of ether oxygens (including phenoxy) is 1. The maximum atomic E-state index is 13.9. The van der Waals surface area contributed by atoms with Crippen LogP contribution in [0.3, 0.4) is 0 Å². The molecule has 1 nitrogen and oxygen atoms in total. The molecule has 0 saturated carbocycles. The first-order chi connectivity index (χ1) is 12.5. The summed E-state index contributed by atoms with van der Waals surface area (Å²) in [6, 6.07) is 7.28. The zero-order valence-electron chi connectivity index (χ0n) is 14.3. The second-order valence-electron chi connectivity index (χ2n) is 6.10. The molecule has 0 atom stereocenters. The fourth-order valence-corrected chi connectivity index (χ4v) is 2.57. The van der Waals surface area contributed by atoms with Gasteiger partial charge < -0.3 is 4.74 Å². The van der Waals surface area contributed by atoms with Crippen LogP contribution >= 0.6 is 0 Å². The van der Waals surface area contributed by atoms with Crippen LogP contribution in [0.15, 0.2) is 36.4 Å². The van der Waals surface area contributed by atoms with Gasteiger partial charge >= 0.3 is 12.3 Å². The van der Waals surface area contributed by atoms with Gasteiger partial charge in [0.05, 0.1) is 13.0 Å². The van der Waals surface area contributed by atoms with Crippen molar-refractivity contribution < 1.29 is 35.5 Å². The molecule has 2 aromatic rings. The summed E-state index contributed by atoms with van der Waals surface area (Å²) >= 11 is 0. The molecule has 0 aliphatic carbocycles. The van der Waals surface area contributed by atoms with E-state index in [-0.39, 0.29) is 12.1 Å². The number of halogens is 7. The van der Waals surface area contributed by atoms with Crippen molar-refractivity contribution in [3.63, 3.8) is 0 Å². The average Bonchev–Trinajstić information content (AvgIpc) is 2.52. The Bertz CT molecular complexity index is 744. The normalized spacial score (nSPS) is 12.4. The lowest BCUT2D eigenvalue weighted by Crippen LogP contribution is -2.24. The topological polar surface area (TPSA) is 9.23 Å². The highest BCUT2D eigenvalue weighted by atomic mass is 19.4. The van der Waals surface area contributed by atoms with Gasteiger partial charge in [0.15, 0.2) is 0 Å². The Balaban J connectivity index is 2.05. The summed E-state index contributed by atoms with van der Waals surface area (Å²) in [6.07, 6.45) is -8.53. The van der Waals surface area contributed by atoms with Crippen molar-refractivity contribution in [2.75, 3.05) is 0 Å². The lowest BCUT2D eigenvalue weighted by molar-refractivity contribution is -0.244. The Morgan fingerprint density at radius 3 is 1.81 bits per heavy atom. The van der Waals surface area contributed by atoms with Crippen LogP contribution in [0.4, 0.5) is 30.7 Å². The highest BCUT2D eigenvalue weighted by Gasteiger charge is 2.39. The summed E-state index contributed by atoms with van der Waals surface area (Å²) in [5, 5.41) is 0. The molecule has 0 heterocycles. The van der Waals surface area contributed by atoms with E-state index in [1.54, 1.807) is 24.3 Å². The van der Waals surface area contributed by atoms with Crippen molar-refractivity contribution in [2.45, 2.75) is 45.1 Å². The Morgan fingerprint density at radius 1 is 0.815 bits per heavy atom. The molecular formula is C19H17F7O. The van der Waals surface area contributed by atoms with E-state index in [1.165, 1.54) is 0 Å². The largest absolute Gasteiger partial charge is 0.422 e. The zero-order valence-corrected chi connectivity index (χ0v) is 14.3. The van der Waals surface area contributed by atoms with Crippen LogP contribution in [-0.2, 0) is 30.4 Å². The number of aryl methyl sites for hydroxylation is 1. The smallest absolute Gasteiger partial charge is 0.315 e. The minimum atomic E-state index is -5.25. The van der Waals surface area contributed by atoms with Crippen molar-refractivity contribution in [3.8, 4) is 0 Å².